The second-order valence-electron chi connectivity index (χ2n) is 6.51. The van der Waals surface area contributed by atoms with Gasteiger partial charge in [-0.05, 0) is 25.0 Å². The van der Waals surface area contributed by atoms with E-state index in [2.05, 4.69) is 20.6 Å². The molecule has 2 N–H and O–H groups in total. The minimum absolute atomic E-state index is 0.0871. The van der Waals surface area contributed by atoms with E-state index in [1.54, 1.807) is 18.2 Å². The Labute approximate surface area is 161 Å². The molecule has 0 atom stereocenters. The van der Waals surface area contributed by atoms with Crippen molar-refractivity contribution in [1.29, 1.82) is 0 Å². The van der Waals surface area contributed by atoms with Gasteiger partial charge in [-0.25, -0.2) is 4.98 Å². The minimum atomic E-state index is -0.451. The first kappa shape index (κ1) is 17.7. The monoisotopic (exact) mass is 377 g/mol. The maximum absolute atomic E-state index is 11.5. The Hall–Kier alpha value is -3.68. The number of benzene rings is 2. The van der Waals surface area contributed by atoms with Crippen molar-refractivity contribution in [1.82, 2.24) is 9.97 Å². The van der Waals surface area contributed by atoms with Crippen molar-refractivity contribution in [2.24, 2.45) is 0 Å². The van der Waals surface area contributed by atoms with Crippen LogP contribution in [-0.4, -0.2) is 28.0 Å². The zero-order valence-corrected chi connectivity index (χ0v) is 15.3. The number of nitro benzene ring substituents is 1. The van der Waals surface area contributed by atoms with Crippen molar-refractivity contribution < 1.29 is 9.66 Å². The summed E-state index contributed by atoms with van der Waals surface area (Å²) in [6, 6.07) is 16.5. The van der Waals surface area contributed by atoms with E-state index in [4.69, 9.17) is 4.74 Å². The second-order valence-corrected chi connectivity index (χ2v) is 6.51. The van der Waals surface area contributed by atoms with Gasteiger partial charge in [-0.2, -0.15) is 4.98 Å². The van der Waals surface area contributed by atoms with Crippen LogP contribution in [0.4, 0.5) is 23.1 Å². The highest BCUT2D eigenvalue weighted by atomic mass is 16.6. The average Bonchev–Trinajstić information content (AvgIpc) is 3.52. The average molecular weight is 377 g/mol. The van der Waals surface area contributed by atoms with Crippen LogP contribution in [0, 0.1) is 10.1 Å². The topological polar surface area (TPSA) is 102 Å². The minimum Gasteiger partial charge on any atom is -0.496 e. The number of methoxy groups -OCH3 is 1. The Kier molecular flexibility index (Phi) is 4.76. The van der Waals surface area contributed by atoms with Crippen LogP contribution in [-0.2, 0) is 0 Å². The number of hydrogen-bond acceptors (Lipinski definition) is 7. The molecule has 1 heterocycles. The fourth-order valence-corrected chi connectivity index (χ4v) is 2.78. The van der Waals surface area contributed by atoms with E-state index in [-0.39, 0.29) is 5.69 Å². The number of nitrogens with one attached hydrogen (secondary N) is 2. The highest BCUT2D eigenvalue weighted by molar-refractivity contribution is 5.72. The summed E-state index contributed by atoms with van der Waals surface area (Å²) in [5.74, 6) is 1.40. The van der Waals surface area contributed by atoms with Gasteiger partial charge in [0.2, 0.25) is 5.95 Å². The molecule has 0 radical (unpaired) electrons. The largest absolute Gasteiger partial charge is 0.496 e. The van der Waals surface area contributed by atoms with Gasteiger partial charge in [0.05, 0.1) is 23.8 Å². The Morgan fingerprint density at radius 2 is 1.89 bits per heavy atom. The molecule has 3 aromatic rings. The van der Waals surface area contributed by atoms with Crippen LogP contribution in [0.25, 0.3) is 11.3 Å². The first-order valence-corrected chi connectivity index (χ1v) is 8.93. The summed E-state index contributed by atoms with van der Waals surface area (Å²) in [4.78, 5) is 20.1. The number of nitrogens with zero attached hydrogens (tertiary/aromatic N) is 3. The molecule has 0 aliphatic heterocycles. The van der Waals surface area contributed by atoms with Crippen LogP contribution < -0.4 is 15.4 Å². The van der Waals surface area contributed by atoms with Gasteiger partial charge >= 0.3 is 0 Å². The van der Waals surface area contributed by atoms with E-state index in [0.717, 1.165) is 24.1 Å². The van der Waals surface area contributed by atoms with Gasteiger partial charge in [-0.3, -0.25) is 10.1 Å². The van der Waals surface area contributed by atoms with Gasteiger partial charge in [-0.1, -0.05) is 30.3 Å². The van der Waals surface area contributed by atoms with Gasteiger partial charge in [-0.15, -0.1) is 0 Å². The number of anilines is 3. The van der Waals surface area contributed by atoms with E-state index in [9.17, 15) is 10.1 Å². The molecule has 0 bridgehead atoms. The molecule has 4 rings (SSSR count). The van der Waals surface area contributed by atoms with Crippen LogP contribution in [0.15, 0.2) is 54.6 Å². The van der Waals surface area contributed by atoms with Crippen LogP contribution >= 0.6 is 0 Å². The van der Waals surface area contributed by atoms with Gasteiger partial charge in [0.25, 0.3) is 5.69 Å². The molecule has 0 amide bonds. The summed E-state index contributed by atoms with van der Waals surface area (Å²) in [5, 5.41) is 17.8. The van der Waals surface area contributed by atoms with Gasteiger partial charge in [0, 0.05) is 17.7 Å². The Bertz CT molecular complexity index is 1010. The quantitative estimate of drug-likeness (QED) is 0.465. The SMILES string of the molecule is COc1ccc(Nc2cc(-c3ccccc3)nc(NC3CC3)n2)c([N+](=O)[O-])c1. The van der Waals surface area contributed by atoms with Crippen molar-refractivity contribution in [2.75, 3.05) is 17.7 Å². The third-order valence-corrected chi connectivity index (χ3v) is 4.37. The molecule has 1 aliphatic rings. The summed E-state index contributed by atoms with van der Waals surface area (Å²) in [5.41, 5.74) is 1.92. The molecule has 0 spiro atoms. The molecule has 1 aromatic heterocycles. The summed E-state index contributed by atoms with van der Waals surface area (Å²) >= 11 is 0. The van der Waals surface area contributed by atoms with Gasteiger partial charge < -0.3 is 15.4 Å². The smallest absolute Gasteiger partial charge is 0.296 e. The van der Waals surface area contributed by atoms with Gasteiger partial charge in [0.1, 0.15) is 17.3 Å². The van der Waals surface area contributed by atoms with Gasteiger partial charge in [0.15, 0.2) is 0 Å². The maximum atomic E-state index is 11.5. The normalized spacial score (nSPS) is 13.0. The lowest BCUT2D eigenvalue weighted by Crippen LogP contribution is -2.08. The second kappa shape index (κ2) is 7.51. The molecule has 8 nitrogen and oxygen atoms in total. The molecule has 1 fully saturated rings. The Morgan fingerprint density at radius 3 is 2.57 bits per heavy atom. The number of ether oxygens (including phenoxy) is 1. The van der Waals surface area contributed by atoms with Crippen LogP contribution in [0.5, 0.6) is 5.75 Å². The van der Waals surface area contributed by atoms with E-state index >= 15 is 0 Å². The predicted molar refractivity (Wildman–Crippen MR) is 107 cm³/mol. The van der Waals surface area contributed by atoms with Crippen molar-refractivity contribution in [2.45, 2.75) is 18.9 Å². The molecule has 28 heavy (non-hydrogen) atoms. The lowest BCUT2D eigenvalue weighted by Gasteiger charge is -2.12. The molecule has 0 saturated heterocycles. The third-order valence-electron chi connectivity index (χ3n) is 4.37. The van der Waals surface area contributed by atoms with E-state index in [1.807, 2.05) is 30.3 Å². The summed E-state index contributed by atoms with van der Waals surface area (Å²) in [6.45, 7) is 0. The maximum Gasteiger partial charge on any atom is 0.296 e. The predicted octanol–water partition coefficient (Wildman–Crippen LogP) is 4.38. The van der Waals surface area contributed by atoms with Crippen LogP contribution in [0.2, 0.25) is 0 Å². The van der Waals surface area contributed by atoms with Crippen LogP contribution in [0.3, 0.4) is 0 Å². The molecule has 1 saturated carbocycles. The zero-order valence-electron chi connectivity index (χ0n) is 15.3. The number of nitro groups is 1. The summed E-state index contributed by atoms with van der Waals surface area (Å²) in [7, 11) is 1.47. The number of rotatable bonds is 7. The first-order chi connectivity index (χ1) is 13.6. The fraction of sp³-hybridized carbons (Fsp3) is 0.200. The first-order valence-electron chi connectivity index (χ1n) is 8.93. The fourth-order valence-electron chi connectivity index (χ4n) is 2.78. The Balaban J connectivity index is 1.72. The molecule has 8 heteroatoms. The van der Waals surface area contributed by atoms with E-state index < -0.39 is 4.92 Å². The summed E-state index contributed by atoms with van der Waals surface area (Å²) in [6.07, 6.45) is 2.18. The highest BCUT2D eigenvalue weighted by Crippen LogP contribution is 2.32. The standard InChI is InChI=1S/C20H19N5O3/c1-28-15-9-10-16(18(11-15)25(26)27)22-19-12-17(13-5-3-2-4-6-13)23-20(24-19)21-14-7-8-14/h2-6,9-12,14H,7-8H2,1H3,(H2,21,22,23,24). The lowest BCUT2D eigenvalue weighted by molar-refractivity contribution is -0.384. The third kappa shape index (κ3) is 4.01. The lowest BCUT2D eigenvalue weighted by atomic mass is 10.1. The zero-order chi connectivity index (χ0) is 19.5. The van der Waals surface area contributed by atoms with Crippen LogP contribution in [0.1, 0.15) is 12.8 Å². The number of hydrogen-bond donors (Lipinski definition) is 2. The highest BCUT2D eigenvalue weighted by Gasteiger charge is 2.23. The van der Waals surface area contributed by atoms with Crippen molar-refractivity contribution in [3.63, 3.8) is 0 Å². The molecule has 0 unspecified atom stereocenters. The van der Waals surface area contributed by atoms with Crippen molar-refractivity contribution >= 4 is 23.1 Å². The van der Waals surface area contributed by atoms with E-state index in [1.165, 1.54) is 13.2 Å². The van der Waals surface area contributed by atoms with Crippen molar-refractivity contribution in [3.05, 3.63) is 64.7 Å². The Morgan fingerprint density at radius 1 is 1.11 bits per heavy atom. The molecular formula is C20H19N5O3. The van der Waals surface area contributed by atoms with Crippen molar-refractivity contribution in [3.8, 4) is 17.0 Å². The molecule has 142 valence electrons. The molecule has 1 aliphatic carbocycles. The molecule has 2 aromatic carbocycles. The van der Waals surface area contributed by atoms with E-state index in [0.29, 0.717) is 29.2 Å². The summed E-state index contributed by atoms with van der Waals surface area (Å²) < 4.78 is 5.09. The number of aromatic nitrogens is 2. The molecular weight excluding hydrogens is 358 g/mol.